The van der Waals surface area contributed by atoms with Gasteiger partial charge in [0.25, 0.3) is 0 Å². The minimum Gasteiger partial charge on any atom is -0.507 e. The van der Waals surface area contributed by atoms with Gasteiger partial charge in [-0.25, -0.2) is 4.79 Å². The monoisotopic (exact) mass is 410 g/mol. The van der Waals surface area contributed by atoms with Gasteiger partial charge in [-0.15, -0.1) is 13.2 Å². The van der Waals surface area contributed by atoms with Crippen LogP contribution in [-0.4, -0.2) is 11.1 Å². The minimum atomic E-state index is -0.486. The Balaban J connectivity index is 1.94. The molecule has 0 bridgehead atoms. The maximum Gasteiger partial charge on any atom is 0.336 e. The highest BCUT2D eigenvalue weighted by Crippen LogP contribution is 2.37. The zero-order valence-electron chi connectivity index (χ0n) is 17.7. The van der Waals surface area contributed by atoms with Gasteiger partial charge in [0.1, 0.15) is 11.5 Å². The van der Waals surface area contributed by atoms with E-state index in [1.54, 1.807) is 24.3 Å². The van der Waals surface area contributed by atoms with Crippen LogP contribution in [-0.2, 0) is 17.6 Å². The summed E-state index contributed by atoms with van der Waals surface area (Å²) in [6.07, 6.45) is 8.08. The summed E-state index contributed by atoms with van der Waals surface area (Å²) in [6, 6.07) is 18.8. The number of phenolic OH excluding ortho intramolecular Hbond substituents is 1. The molecular formula is C28H26O3. The van der Waals surface area contributed by atoms with Crippen molar-refractivity contribution in [3.8, 4) is 22.6 Å². The van der Waals surface area contributed by atoms with Gasteiger partial charge in [0.15, 0.2) is 0 Å². The van der Waals surface area contributed by atoms with E-state index in [0.717, 1.165) is 22.3 Å². The minimum absolute atomic E-state index is 0.121. The molecule has 0 saturated carbocycles. The van der Waals surface area contributed by atoms with Gasteiger partial charge in [-0.2, -0.15) is 0 Å². The van der Waals surface area contributed by atoms with Gasteiger partial charge in [-0.1, -0.05) is 54.1 Å². The van der Waals surface area contributed by atoms with Crippen LogP contribution >= 0.6 is 0 Å². The summed E-state index contributed by atoms with van der Waals surface area (Å²) < 4.78 is 5.65. The van der Waals surface area contributed by atoms with Crippen LogP contribution in [0.1, 0.15) is 22.3 Å². The van der Waals surface area contributed by atoms with Crippen molar-refractivity contribution < 1.29 is 14.6 Å². The van der Waals surface area contributed by atoms with Crippen LogP contribution in [0.3, 0.4) is 0 Å². The predicted molar refractivity (Wildman–Crippen MR) is 127 cm³/mol. The smallest absolute Gasteiger partial charge is 0.336 e. The number of aromatic hydroxyl groups is 1. The van der Waals surface area contributed by atoms with Crippen molar-refractivity contribution in [2.75, 3.05) is 0 Å². The first-order valence-corrected chi connectivity index (χ1v) is 10.1. The number of benzene rings is 3. The number of ether oxygens (including phenoxy) is 1. The quantitative estimate of drug-likeness (QED) is 0.201. The number of esters is 1. The molecule has 0 radical (unpaired) electrons. The van der Waals surface area contributed by atoms with Crippen molar-refractivity contribution in [3.05, 3.63) is 114 Å². The highest BCUT2D eigenvalue weighted by atomic mass is 16.5. The highest BCUT2D eigenvalue weighted by Gasteiger charge is 2.14. The maximum atomic E-state index is 12.5. The Morgan fingerprint density at radius 2 is 1.52 bits per heavy atom. The zero-order valence-corrected chi connectivity index (χ0v) is 17.7. The van der Waals surface area contributed by atoms with Gasteiger partial charge in [-0.05, 0) is 66.8 Å². The van der Waals surface area contributed by atoms with E-state index < -0.39 is 5.97 Å². The molecule has 156 valence electrons. The molecule has 3 heteroatoms. The fourth-order valence-corrected chi connectivity index (χ4v) is 3.25. The molecule has 0 aromatic heterocycles. The Bertz CT molecular complexity index is 1120. The van der Waals surface area contributed by atoms with Crippen molar-refractivity contribution in [1.82, 2.24) is 0 Å². The largest absolute Gasteiger partial charge is 0.507 e. The molecule has 0 fully saturated rings. The second-order valence-corrected chi connectivity index (χ2v) is 7.33. The summed E-state index contributed by atoms with van der Waals surface area (Å²) in [6.45, 7) is 9.58. The number of allylic oxidation sites excluding steroid dienone is 2. The van der Waals surface area contributed by atoms with E-state index in [4.69, 9.17) is 4.74 Å². The highest BCUT2D eigenvalue weighted by molar-refractivity contribution is 5.90. The summed E-state index contributed by atoms with van der Waals surface area (Å²) in [4.78, 5) is 12.5. The molecule has 3 rings (SSSR count). The molecule has 0 aliphatic carbocycles. The van der Waals surface area contributed by atoms with Crippen LogP contribution < -0.4 is 4.74 Å². The fraction of sp³-hybridized carbons (Fsp3) is 0.107. The predicted octanol–water partition coefficient (Wildman–Crippen LogP) is 6.44. The Morgan fingerprint density at radius 1 is 0.903 bits per heavy atom. The molecule has 1 N–H and O–H groups in total. The van der Waals surface area contributed by atoms with Crippen LogP contribution in [0.15, 0.2) is 92.0 Å². The number of hydrogen-bond donors (Lipinski definition) is 1. The first-order valence-electron chi connectivity index (χ1n) is 10.1. The van der Waals surface area contributed by atoms with Gasteiger partial charge in [0.2, 0.25) is 0 Å². The number of hydrogen-bond acceptors (Lipinski definition) is 3. The molecule has 3 nitrogen and oxygen atoms in total. The summed E-state index contributed by atoms with van der Waals surface area (Å²) >= 11 is 0. The average Bonchev–Trinajstić information content (AvgIpc) is 2.76. The molecule has 0 aliphatic rings. The number of aryl methyl sites for hydroxylation is 1. The SMILES string of the molecule is C=CCc1ccc(O)c(-c2cc(CC=C)ccc2OC(=O)/C=C/c2ccc(C)cc2)c1. The third-order valence-corrected chi connectivity index (χ3v) is 4.85. The van der Waals surface area contributed by atoms with Crippen LogP contribution in [0.25, 0.3) is 17.2 Å². The second-order valence-electron chi connectivity index (χ2n) is 7.33. The van der Waals surface area contributed by atoms with Gasteiger partial charge in [0, 0.05) is 17.2 Å². The van der Waals surface area contributed by atoms with Crippen molar-refractivity contribution in [1.29, 1.82) is 0 Å². The third-order valence-electron chi connectivity index (χ3n) is 4.85. The first-order chi connectivity index (χ1) is 15.0. The average molecular weight is 411 g/mol. The molecule has 0 heterocycles. The van der Waals surface area contributed by atoms with E-state index in [-0.39, 0.29) is 5.75 Å². The lowest BCUT2D eigenvalue weighted by Crippen LogP contribution is -2.05. The Kier molecular flexibility index (Phi) is 7.23. The lowest BCUT2D eigenvalue weighted by Gasteiger charge is -2.13. The molecule has 3 aromatic rings. The topological polar surface area (TPSA) is 46.5 Å². The molecule has 0 aliphatic heterocycles. The molecular weight excluding hydrogens is 384 g/mol. The summed E-state index contributed by atoms with van der Waals surface area (Å²) in [5, 5.41) is 10.5. The lowest BCUT2D eigenvalue weighted by atomic mass is 9.97. The Morgan fingerprint density at radius 3 is 2.16 bits per heavy atom. The molecule has 0 unspecified atom stereocenters. The van der Waals surface area contributed by atoms with Gasteiger partial charge < -0.3 is 9.84 Å². The molecule has 31 heavy (non-hydrogen) atoms. The van der Waals surface area contributed by atoms with Crippen molar-refractivity contribution in [2.24, 2.45) is 0 Å². The summed E-state index contributed by atoms with van der Waals surface area (Å²) in [5.74, 6) is 0.0218. The van der Waals surface area contributed by atoms with E-state index in [0.29, 0.717) is 29.7 Å². The van der Waals surface area contributed by atoms with Crippen LogP contribution in [0.4, 0.5) is 0 Å². The van der Waals surface area contributed by atoms with Gasteiger partial charge in [0.05, 0.1) is 0 Å². The molecule has 0 spiro atoms. The van der Waals surface area contributed by atoms with E-state index >= 15 is 0 Å². The maximum absolute atomic E-state index is 12.5. The molecule has 0 saturated heterocycles. The first kappa shape index (κ1) is 21.8. The lowest BCUT2D eigenvalue weighted by molar-refractivity contribution is -0.128. The molecule has 3 aromatic carbocycles. The van der Waals surface area contributed by atoms with Crippen molar-refractivity contribution >= 4 is 12.0 Å². The van der Waals surface area contributed by atoms with Crippen LogP contribution in [0.2, 0.25) is 0 Å². The fourth-order valence-electron chi connectivity index (χ4n) is 3.25. The van der Waals surface area contributed by atoms with E-state index in [2.05, 4.69) is 13.2 Å². The van der Waals surface area contributed by atoms with Gasteiger partial charge >= 0.3 is 5.97 Å². The van der Waals surface area contributed by atoms with Gasteiger partial charge in [-0.3, -0.25) is 0 Å². The number of carbonyl (C=O) groups is 1. The van der Waals surface area contributed by atoms with Crippen molar-refractivity contribution in [2.45, 2.75) is 19.8 Å². The number of carbonyl (C=O) groups excluding carboxylic acids is 1. The number of rotatable bonds is 8. The zero-order chi connectivity index (χ0) is 22.2. The van der Waals surface area contributed by atoms with E-state index in [1.165, 1.54) is 6.08 Å². The number of phenols is 1. The van der Waals surface area contributed by atoms with E-state index in [1.807, 2.05) is 61.5 Å². The normalized spacial score (nSPS) is 10.7. The van der Waals surface area contributed by atoms with E-state index in [9.17, 15) is 9.90 Å². The van der Waals surface area contributed by atoms with Crippen LogP contribution in [0.5, 0.6) is 11.5 Å². The summed E-state index contributed by atoms with van der Waals surface area (Å²) in [5.41, 5.74) is 5.35. The second kappa shape index (κ2) is 10.3. The third kappa shape index (κ3) is 5.83. The molecule has 0 amide bonds. The van der Waals surface area contributed by atoms with Crippen molar-refractivity contribution in [3.63, 3.8) is 0 Å². The Hall–Kier alpha value is -3.85. The molecule has 0 atom stereocenters. The summed E-state index contributed by atoms with van der Waals surface area (Å²) in [7, 11) is 0. The van der Waals surface area contributed by atoms with Crippen LogP contribution in [0, 0.1) is 6.92 Å². The standard InChI is InChI=1S/C28H26O3/c1-4-6-22-12-15-26(29)24(18-22)25-19-23(7-5-2)13-16-27(25)31-28(30)17-14-21-10-8-20(3)9-11-21/h4-5,8-19,29H,1-2,6-7H2,3H3/b17-14+. The Labute approximate surface area is 183 Å².